The molecule has 0 fully saturated rings. The molecule has 0 saturated carbocycles. The quantitative estimate of drug-likeness (QED) is 0.339. The molecule has 0 unspecified atom stereocenters. The van der Waals surface area contributed by atoms with Crippen molar-refractivity contribution in [2.75, 3.05) is 14.2 Å². The van der Waals surface area contributed by atoms with Crippen LogP contribution in [0.15, 0.2) is 60.7 Å². The standard InChI is InChI=1S/C27H27ClO6/c1-27(2,26(29)30)34-25-12-9-20(15-24(25)28)17-33-23-14-19(13-22(16-23)32-4)6-5-18-7-10-21(31-3)11-8-18/h5-16H,17H2,1-4H3,(H,29,30)/b6-5+. The van der Waals surface area contributed by atoms with E-state index in [1.165, 1.54) is 13.8 Å². The number of carboxylic acid groups (broad SMARTS) is 1. The van der Waals surface area contributed by atoms with Gasteiger partial charge in [-0.15, -0.1) is 0 Å². The Hall–Kier alpha value is -3.64. The van der Waals surface area contributed by atoms with Crippen LogP contribution in [0.2, 0.25) is 5.02 Å². The van der Waals surface area contributed by atoms with Gasteiger partial charge in [0.05, 0.1) is 19.2 Å². The van der Waals surface area contributed by atoms with Gasteiger partial charge in [0.15, 0.2) is 5.60 Å². The van der Waals surface area contributed by atoms with Crippen molar-refractivity contribution in [3.05, 3.63) is 82.4 Å². The van der Waals surface area contributed by atoms with Gasteiger partial charge in [0.25, 0.3) is 0 Å². The average molecular weight is 483 g/mol. The minimum Gasteiger partial charge on any atom is -0.497 e. The van der Waals surface area contributed by atoms with E-state index in [0.717, 1.165) is 22.4 Å². The summed E-state index contributed by atoms with van der Waals surface area (Å²) in [5.74, 6) is 1.33. The number of hydrogen-bond acceptors (Lipinski definition) is 5. The van der Waals surface area contributed by atoms with E-state index in [9.17, 15) is 9.90 Å². The maximum absolute atomic E-state index is 11.3. The minimum atomic E-state index is -1.39. The number of halogens is 1. The van der Waals surface area contributed by atoms with Gasteiger partial charge in [-0.3, -0.25) is 0 Å². The smallest absolute Gasteiger partial charge is 0.347 e. The highest BCUT2D eigenvalue weighted by Crippen LogP contribution is 2.30. The highest BCUT2D eigenvalue weighted by molar-refractivity contribution is 6.32. The number of benzene rings is 3. The van der Waals surface area contributed by atoms with E-state index < -0.39 is 11.6 Å². The van der Waals surface area contributed by atoms with Crippen LogP contribution in [0.3, 0.4) is 0 Å². The lowest BCUT2D eigenvalue weighted by Gasteiger charge is -2.22. The van der Waals surface area contributed by atoms with Gasteiger partial charge in [-0.1, -0.05) is 42.0 Å². The summed E-state index contributed by atoms with van der Waals surface area (Å²) in [6, 6.07) is 18.5. The number of hydrogen-bond donors (Lipinski definition) is 1. The molecular formula is C27H27ClO6. The molecule has 0 aromatic heterocycles. The third-order valence-electron chi connectivity index (χ3n) is 5.00. The summed E-state index contributed by atoms with van der Waals surface area (Å²) in [5.41, 5.74) is 1.37. The Balaban J connectivity index is 1.71. The second-order valence-electron chi connectivity index (χ2n) is 8.02. The molecule has 0 saturated heterocycles. The Bertz CT molecular complexity index is 1170. The van der Waals surface area contributed by atoms with Crippen LogP contribution in [0.1, 0.15) is 30.5 Å². The molecule has 0 heterocycles. The second-order valence-corrected chi connectivity index (χ2v) is 8.43. The van der Waals surface area contributed by atoms with E-state index in [2.05, 4.69) is 0 Å². The number of ether oxygens (including phenoxy) is 4. The van der Waals surface area contributed by atoms with Crippen LogP contribution in [0.25, 0.3) is 12.2 Å². The van der Waals surface area contributed by atoms with Gasteiger partial charge in [0, 0.05) is 6.07 Å². The van der Waals surface area contributed by atoms with Gasteiger partial charge >= 0.3 is 5.97 Å². The molecule has 0 spiro atoms. The number of rotatable bonds is 10. The summed E-state index contributed by atoms with van der Waals surface area (Å²) < 4.78 is 22.1. The molecule has 34 heavy (non-hydrogen) atoms. The second kappa shape index (κ2) is 11.0. The first-order valence-corrected chi connectivity index (χ1v) is 10.9. The Morgan fingerprint density at radius 1 is 0.882 bits per heavy atom. The fourth-order valence-electron chi connectivity index (χ4n) is 3.00. The van der Waals surface area contributed by atoms with E-state index in [1.807, 2.05) is 48.6 Å². The molecule has 0 amide bonds. The first kappa shape index (κ1) is 25.0. The van der Waals surface area contributed by atoms with Crippen molar-refractivity contribution < 1.29 is 28.8 Å². The fourth-order valence-corrected chi connectivity index (χ4v) is 3.24. The number of aliphatic carboxylic acids is 1. The molecule has 0 atom stereocenters. The predicted octanol–water partition coefficient (Wildman–Crippen LogP) is 6.35. The Morgan fingerprint density at radius 3 is 2.15 bits per heavy atom. The summed E-state index contributed by atoms with van der Waals surface area (Å²) in [6.07, 6.45) is 3.97. The number of carboxylic acids is 1. The molecule has 0 aliphatic carbocycles. The van der Waals surface area contributed by atoms with Gasteiger partial charge in [0.2, 0.25) is 0 Å². The van der Waals surface area contributed by atoms with Crippen LogP contribution in [0.4, 0.5) is 0 Å². The predicted molar refractivity (Wildman–Crippen MR) is 133 cm³/mol. The van der Waals surface area contributed by atoms with Gasteiger partial charge in [-0.2, -0.15) is 0 Å². The van der Waals surface area contributed by atoms with E-state index in [4.69, 9.17) is 30.5 Å². The molecule has 7 heteroatoms. The van der Waals surface area contributed by atoms with Crippen LogP contribution >= 0.6 is 11.6 Å². The zero-order valence-corrected chi connectivity index (χ0v) is 20.3. The molecule has 3 aromatic rings. The van der Waals surface area contributed by atoms with Crippen LogP contribution in [0, 0.1) is 0 Å². The first-order valence-electron chi connectivity index (χ1n) is 10.5. The molecule has 0 aliphatic rings. The molecule has 0 aliphatic heterocycles. The molecular weight excluding hydrogens is 456 g/mol. The first-order chi connectivity index (χ1) is 16.2. The van der Waals surface area contributed by atoms with E-state index in [0.29, 0.717) is 22.3 Å². The highest BCUT2D eigenvalue weighted by atomic mass is 35.5. The van der Waals surface area contributed by atoms with Crippen molar-refractivity contribution in [3.63, 3.8) is 0 Å². The highest BCUT2D eigenvalue weighted by Gasteiger charge is 2.30. The summed E-state index contributed by atoms with van der Waals surface area (Å²) >= 11 is 6.30. The number of methoxy groups -OCH3 is 2. The van der Waals surface area contributed by atoms with Crippen LogP contribution in [-0.2, 0) is 11.4 Å². The average Bonchev–Trinajstić information content (AvgIpc) is 2.83. The largest absolute Gasteiger partial charge is 0.497 e. The maximum atomic E-state index is 11.3. The molecule has 0 bridgehead atoms. The topological polar surface area (TPSA) is 74.2 Å². The van der Waals surface area contributed by atoms with Crippen molar-refractivity contribution in [2.24, 2.45) is 0 Å². The Kier molecular flexibility index (Phi) is 8.08. The monoisotopic (exact) mass is 482 g/mol. The molecule has 6 nitrogen and oxygen atoms in total. The van der Waals surface area contributed by atoms with Gasteiger partial charge in [0.1, 0.15) is 29.6 Å². The maximum Gasteiger partial charge on any atom is 0.347 e. The summed E-state index contributed by atoms with van der Waals surface area (Å²) in [4.78, 5) is 11.3. The van der Waals surface area contributed by atoms with E-state index >= 15 is 0 Å². The molecule has 178 valence electrons. The van der Waals surface area contributed by atoms with Crippen LogP contribution < -0.4 is 18.9 Å². The van der Waals surface area contributed by atoms with Crippen molar-refractivity contribution in [3.8, 4) is 23.0 Å². The van der Waals surface area contributed by atoms with E-state index in [-0.39, 0.29) is 6.61 Å². The lowest BCUT2D eigenvalue weighted by Crippen LogP contribution is -2.37. The van der Waals surface area contributed by atoms with Gasteiger partial charge in [-0.25, -0.2) is 4.79 Å². The van der Waals surface area contributed by atoms with Crippen molar-refractivity contribution >= 4 is 29.7 Å². The summed E-state index contributed by atoms with van der Waals surface area (Å²) in [7, 11) is 3.24. The van der Waals surface area contributed by atoms with Crippen molar-refractivity contribution in [1.29, 1.82) is 0 Å². The Labute approximate surface area is 204 Å². The SMILES string of the molecule is COc1ccc(/C=C/c2cc(OC)cc(OCc3ccc(OC(C)(C)C(=O)O)c(Cl)c3)c2)cc1. The van der Waals surface area contributed by atoms with Crippen LogP contribution in [0.5, 0.6) is 23.0 Å². The van der Waals surface area contributed by atoms with Crippen molar-refractivity contribution in [1.82, 2.24) is 0 Å². The summed E-state index contributed by atoms with van der Waals surface area (Å²) in [5, 5.41) is 9.55. The third-order valence-corrected chi connectivity index (χ3v) is 5.30. The lowest BCUT2D eigenvalue weighted by molar-refractivity contribution is -0.152. The molecule has 3 aromatic carbocycles. The zero-order valence-electron chi connectivity index (χ0n) is 19.5. The third kappa shape index (κ3) is 6.68. The van der Waals surface area contributed by atoms with Gasteiger partial charge in [-0.05, 0) is 66.9 Å². The van der Waals surface area contributed by atoms with Gasteiger partial charge < -0.3 is 24.1 Å². The molecule has 0 radical (unpaired) electrons. The summed E-state index contributed by atoms with van der Waals surface area (Å²) in [6.45, 7) is 3.19. The van der Waals surface area contributed by atoms with Crippen LogP contribution in [-0.4, -0.2) is 30.9 Å². The fraction of sp³-hybridized carbons (Fsp3) is 0.222. The normalized spacial score (nSPS) is 11.3. The zero-order chi connectivity index (χ0) is 24.7. The lowest BCUT2D eigenvalue weighted by atomic mass is 10.1. The van der Waals surface area contributed by atoms with Crippen molar-refractivity contribution in [2.45, 2.75) is 26.1 Å². The number of carbonyl (C=O) groups is 1. The molecule has 1 N–H and O–H groups in total. The molecule has 3 rings (SSSR count). The minimum absolute atomic E-state index is 0.261. The van der Waals surface area contributed by atoms with E-state index in [1.54, 1.807) is 38.5 Å². The Morgan fingerprint density at radius 2 is 1.53 bits per heavy atom.